The van der Waals surface area contributed by atoms with Crippen molar-refractivity contribution in [2.75, 3.05) is 12.5 Å². The van der Waals surface area contributed by atoms with Crippen LogP contribution in [0.5, 0.6) is 5.75 Å². The maximum absolute atomic E-state index is 13.3. The quantitative estimate of drug-likeness (QED) is 0.734. The highest BCUT2D eigenvalue weighted by Gasteiger charge is 2.03. The van der Waals surface area contributed by atoms with Crippen LogP contribution in [0.4, 0.5) is 4.39 Å². The van der Waals surface area contributed by atoms with E-state index in [1.807, 2.05) is 6.20 Å². The first-order valence-electron chi connectivity index (χ1n) is 6.12. The third kappa shape index (κ3) is 4.21. The Hall–Kier alpha value is -1.62. The molecule has 0 N–H and O–H groups in total. The first-order chi connectivity index (χ1) is 9.29. The van der Waals surface area contributed by atoms with E-state index < -0.39 is 0 Å². The van der Waals surface area contributed by atoms with Crippen LogP contribution in [-0.4, -0.2) is 27.5 Å². The van der Waals surface area contributed by atoms with Gasteiger partial charge < -0.3 is 4.74 Å². The Morgan fingerprint density at radius 3 is 2.95 bits per heavy atom. The average Bonchev–Trinajstić information content (AvgIpc) is 2.86. The second-order valence-electron chi connectivity index (χ2n) is 4.04. The van der Waals surface area contributed by atoms with Crippen molar-refractivity contribution in [3.8, 4) is 5.75 Å². The predicted octanol–water partition coefficient (Wildman–Crippen LogP) is 2.67. The number of aromatic nitrogens is 3. The van der Waals surface area contributed by atoms with E-state index in [1.165, 1.54) is 6.07 Å². The van der Waals surface area contributed by atoms with Gasteiger partial charge in [0.25, 0.3) is 0 Å². The number of benzene rings is 1. The minimum atomic E-state index is -0.358. The first kappa shape index (κ1) is 13.8. The molecule has 2 rings (SSSR count). The molecular formula is C13H15ClFN3O. The number of aryl methyl sites for hydroxylation is 1. The van der Waals surface area contributed by atoms with Gasteiger partial charge in [0.1, 0.15) is 6.61 Å². The summed E-state index contributed by atoms with van der Waals surface area (Å²) in [5, 5.41) is 7.99. The molecule has 0 spiro atoms. The van der Waals surface area contributed by atoms with Crippen LogP contribution in [0.15, 0.2) is 30.5 Å². The lowest BCUT2D eigenvalue weighted by Crippen LogP contribution is -2.09. The average molecular weight is 284 g/mol. The van der Waals surface area contributed by atoms with Crippen molar-refractivity contribution in [2.45, 2.75) is 19.4 Å². The highest BCUT2D eigenvalue weighted by Crippen LogP contribution is 2.15. The number of rotatable bonds is 7. The van der Waals surface area contributed by atoms with Crippen LogP contribution >= 0.6 is 11.6 Å². The summed E-state index contributed by atoms with van der Waals surface area (Å²) in [7, 11) is 0. The van der Waals surface area contributed by atoms with Gasteiger partial charge in [0.2, 0.25) is 0 Å². The molecule has 0 atom stereocenters. The lowest BCUT2D eigenvalue weighted by atomic mass is 10.3. The van der Waals surface area contributed by atoms with Crippen molar-refractivity contribution in [3.05, 3.63) is 42.0 Å². The molecule has 1 aromatic heterocycles. The van der Waals surface area contributed by atoms with Crippen molar-refractivity contribution in [2.24, 2.45) is 0 Å². The van der Waals surface area contributed by atoms with Gasteiger partial charge >= 0.3 is 0 Å². The number of hydrogen-bond acceptors (Lipinski definition) is 3. The number of nitrogens with zero attached hydrogens (tertiary/aromatic N) is 3. The molecule has 0 radical (unpaired) electrons. The summed E-state index contributed by atoms with van der Waals surface area (Å²) in [5.41, 5.74) is 0.909. The van der Waals surface area contributed by atoms with Gasteiger partial charge in [-0.1, -0.05) is 17.3 Å². The topological polar surface area (TPSA) is 39.9 Å². The molecule has 0 aliphatic carbocycles. The van der Waals surface area contributed by atoms with E-state index in [4.69, 9.17) is 16.3 Å². The molecular weight excluding hydrogens is 269 g/mol. The zero-order chi connectivity index (χ0) is 13.5. The second-order valence-corrected chi connectivity index (χ2v) is 4.42. The van der Waals surface area contributed by atoms with E-state index in [9.17, 15) is 4.39 Å². The standard InChI is InChI=1S/C13H15ClFN3O/c14-7-3-4-11-10-18(17-16-11)8-9-19-13-6-2-1-5-12(13)15/h1-2,5-6,10H,3-4,7-9H2. The Kier molecular flexibility index (Phi) is 5.15. The van der Waals surface area contributed by atoms with E-state index in [0.717, 1.165) is 18.5 Å². The molecule has 0 bridgehead atoms. The molecule has 0 saturated carbocycles. The van der Waals surface area contributed by atoms with Crippen LogP contribution in [0.3, 0.4) is 0 Å². The summed E-state index contributed by atoms with van der Waals surface area (Å²) in [6, 6.07) is 6.33. The van der Waals surface area contributed by atoms with Gasteiger partial charge in [0.15, 0.2) is 11.6 Å². The van der Waals surface area contributed by atoms with Crippen LogP contribution < -0.4 is 4.74 Å². The van der Waals surface area contributed by atoms with Crippen LogP contribution in [0, 0.1) is 5.82 Å². The largest absolute Gasteiger partial charge is 0.489 e. The van der Waals surface area contributed by atoms with Crippen LogP contribution in [0.25, 0.3) is 0 Å². The lowest BCUT2D eigenvalue weighted by Gasteiger charge is -2.06. The summed E-state index contributed by atoms with van der Waals surface area (Å²) >= 11 is 5.61. The van der Waals surface area contributed by atoms with Gasteiger partial charge in [-0.2, -0.15) is 0 Å². The van der Waals surface area contributed by atoms with Crippen molar-refractivity contribution >= 4 is 11.6 Å². The predicted molar refractivity (Wildman–Crippen MR) is 71.0 cm³/mol. The molecule has 0 aliphatic rings. The molecule has 0 saturated heterocycles. The van der Waals surface area contributed by atoms with Crippen molar-refractivity contribution < 1.29 is 9.13 Å². The second kappa shape index (κ2) is 7.09. The maximum atomic E-state index is 13.3. The van der Waals surface area contributed by atoms with Gasteiger partial charge in [-0.15, -0.1) is 16.7 Å². The molecule has 0 amide bonds. The van der Waals surface area contributed by atoms with Crippen molar-refractivity contribution in [3.63, 3.8) is 0 Å². The number of ether oxygens (including phenoxy) is 1. The van der Waals surface area contributed by atoms with E-state index in [2.05, 4.69) is 10.3 Å². The normalized spacial score (nSPS) is 10.6. The van der Waals surface area contributed by atoms with Gasteiger partial charge in [0.05, 0.1) is 12.2 Å². The van der Waals surface area contributed by atoms with E-state index in [-0.39, 0.29) is 11.6 Å². The Morgan fingerprint density at radius 1 is 1.32 bits per heavy atom. The summed E-state index contributed by atoms with van der Waals surface area (Å²) in [4.78, 5) is 0. The minimum absolute atomic E-state index is 0.255. The fraction of sp³-hybridized carbons (Fsp3) is 0.385. The zero-order valence-electron chi connectivity index (χ0n) is 10.4. The molecule has 1 heterocycles. The monoisotopic (exact) mass is 283 g/mol. The molecule has 0 unspecified atom stereocenters. The van der Waals surface area contributed by atoms with Crippen LogP contribution in [0.2, 0.25) is 0 Å². The fourth-order valence-electron chi connectivity index (χ4n) is 1.62. The minimum Gasteiger partial charge on any atom is -0.489 e. The number of alkyl halides is 1. The zero-order valence-corrected chi connectivity index (χ0v) is 11.2. The Morgan fingerprint density at radius 2 is 2.16 bits per heavy atom. The molecule has 2 aromatic rings. The van der Waals surface area contributed by atoms with E-state index in [1.54, 1.807) is 22.9 Å². The van der Waals surface area contributed by atoms with Gasteiger partial charge in [-0.3, -0.25) is 0 Å². The molecule has 102 valence electrons. The summed E-state index contributed by atoms with van der Waals surface area (Å²) in [6.45, 7) is 0.876. The van der Waals surface area contributed by atoms with E-state index in [0.29, 0.717) is 19.0 Å². The number of halogens is 2. The van der Waals surface area contributed by atoms with E-state index >= 15 is 0 Å². The van der Waals surface area contributed by atoms with Crippen molar-refractivity contribution in [1.29, 1.82) is 0 Å². The lowest BCUT2D eigenvalue weighted by molar-refractivity contribution is 0.277. The highest BCUT2D eigenvalue weighted by molar-refractivity contribution is 6.17. The number of para-hydroxylation sites is 1. The smallest absolute Gasteiger partial charge is 0.165 e. The maximum Gasteiger partial charge on any atom is 0.165 e. The summed E-state index contributed by atoms with van der Waals surface area (Å²) < 4.78 is 20.3. The Bertz CT molecular complexity index is 518. The molecule has 4 nitrogen and oxygen atoms in total. The molecule has 0 fully saturated rings. The van der Waals surface area contributed by atoms with Crippen molar-refractivity contribution in [1.82, 2.24) is 15.0 Å². The molecule has 1 aromatic carbocycles. The molecule has 19 heavy (non-hydrogen) atoms. The highest BCUT2D eigenvalue weighted by atomic mass is 35.5. The van der Waals surface area contributed by atoms with Gasteiger partial charge in [-0.25, -0.2) is 9.07 Å². The number of hydrogen-bond donors (Lipinski definition) is 0. The Balaban J connectivity index is 1.79. The molecule has 0 aliphatic heterocycles. The third-order valence-corrected chi connectivity index (χ3v) is 2.83. The SMILES string of the molecule is Fc1ccccc1OCCn1cc(CCCCl)nn1. The fourth-order valence-corrected chi connectivity index (χ4v) is 1.75. The van der Waals surface area contributed by atoms with Crippen LogP contribution in [-0.2, 0) is 13.0 Å². The summed E-state index contributed by atoms with van der Waals surface area (Å²) in [5.74, 6) is 0.511. The summed E-state index contributed by atoms with van der Waals surface area (Å²) in [6.07, 6.45) is 3.56. The third-order valence-electron chi connectivity index (χ3n) is 2.57. The van der Waals surface area contributed by atoms with Crippen LogP contribution in [0.1, 0.15) is 12.1 Å². The Labute approximate surface area is 116 Å². The molecule has 6 heteroatoms. The van der Waals surface area contributed by atoms with Gasteiger partial charge in [0, 0.05) is 12.1 Å². The van der Waals surface area contributed by atoms with Gasteiger partial charge in [-0.05, 0) is 25.0 Å². The first-order valence-corrected chi connectivity index (χ1v) is 6.65.